The normalized spacial score (nSPS) is 13.3. The summed E-state index contributed by atoms with van der Waals surface area (Å²) in [6, 6.07) is 14.1. The first-order valence-corrected chi connectivity index (χ1v) is 10.4. The first kappa shape index (κ1) is 20.3. The Balaban J connectivity index is 1.83. The van der Waals surface area contributed by atoms with Crippen LogP contribution in [-0.4, -0.2) is 37.1 Å². The lowest BCUT2D eigenvalue weighted by Gasteiger charge is -2.12. The maximum Gasteiger partial charge on any atom is 0.159 e. The van der Waals surface area contributed by atoms with Crippen LogP contribution in [0.3, 0.4) is 0 Å². The zero-order chi connectivity index (χ0) is 21.3. The maximum atomic E-state index is 11.6. The van der Waals surface area contributed by atoms with Crippen molar-refractivity contribution in [1.29, 1.82) is 0 Å². The average Bonchev–Trinajstić information content (AvgIpc) is 3.14. The van der Waals surface area contributed by atoms with Gasteiger partial charge in [-0.05, 0) is 37.1 Å². The number of Topliss-reactive ketones (excluding diaryl/α,β-unsaturated/α-hetero) is 1. The second-order valence-electron chi connectivity index (χ2n) is 7.24. The van der Waals surface area contributed by atoms with Crippen molar-refractivity contribution in [3.63, 3.8) is 0 Å². The van der Waals surface area contributed by atoms with Gasteiger partial charge in [0.05, 0.1) is 22.7 Å². The van der Waals surface area contributed by atoms with Crippen LogP contribution in [0.5, 0.6) is 0 Å². The van der Waals surface area contributed by atoms with Gasteiger partial charge in [-0.2, -0.15) is 0 Å². The van der Waals surface area contributed by atoms with E-state index >= 15 is 0 Å². The SMILES string of the molecule is CC(=O)Cc1nc2cc(-c3cnc(C(O)C(C)O)nc3)cc(-c3ccccc3)c2s1. The zero-order valence-electron chi connectivity index (χ0n) is 16.6. The first-order chi connectivity index (χ1) is 14.4. The van der Waals surface area contributed by atoms with Crippen LogP contribution >= 0.6 is 11.3 Å². The number of benzene rings is 2. The zero-order valence-corrected chi connectivity index (χ0v) is 17.4. The molecule has 2 atom stereocenters. The summed E-state index contributed by atoms with van der Waals surface area (Å²) in [5, 5.41) is 20.3. The molecule has 2 aromatic heterocycles. The number of ketones is 1. The van der Waals surface area contributed by atoms with E-state index in [4.69, 9.17) is 0 Å². The highest BCUT2D eigenvalue weighted by Gasteiger charge is 2.18. The van der Waals surface area contributed by atoms with Gasteiger partial charge >= 0.3 is 0 Å². The Bertz CT molecular complexity index is 1190. The monoisotopic (exact) mass is 419 g/mol. The number of carbonyl (C=O) groups excluding carboxylic acids is 1. The summed E-state index contributed by atoms with van der Waals surface area (Å²) in [4.78, 5) is 24.7. The Hall–Kier alpha value is -3.00. The summed E-state index contributed by atoms with van der Waals surface area (Å²) < 4.78 is 1.03. The van der Waals surface area contributed by atoms with Gasteiger partial charge in [-0.3, -0.25) is 4.79 Å². The Morgan fingerprint density at radius 1 is 1.03 bits per heavy atom. The Kier molecular flexibility index (Phi) is 5.67. The van der Waals surface area contributed by atoms with Gasteiger partial charge in [-0.1, -0.05) is 30.3 Å². The van der Waals surface area contributed by atoms with Gasteiger partial charge in [0, 0.05) is 23.5 Å². The third-order valence-electron chi connectivity index (χ3n) is 4.75. The van der Waals surface area contributed by atoms with E-state index in [0.717, 1.165) is 37.5 Å². The lowest BCUT2D eigenvalue weighted by atomic mass is 9.99. The van der Waals surface area contributed by atoms with Crippen molar-refractivity contribution in [2.75, 3.05) is 0 Å². The second kappa shape index (κ2) is 8.39. The fourth-order valence-electron chi connectivity index (χ4n) is 3.22. The Morgan fingerprint density at radius 2 is 1.73 bits per heavy atom. The van der Waals surface area contributed by atoms with E-state index in [-0.39, 0.29) is 11.6 Å². The van der Waals surface area contributed by atoms with Crippen molar-refractivity contribution in [1.82, 2.24) is 15.0 Å². The van der Waals surface area contributed by atoms with E-state index in [1.807, 2.05) is 36.4 Å². The van der Waals surface area contributed by atoms with Crippen molar-refractivity contribution < 1.29 is 15.0 Å². The second-order valence-corrected chi connectivity index (χ2v) is 8.32. The molecule has 4 aromatic rings. The molecule has 0 fully saturated rings. The number of nitrogens with zero attached hydrogens (tertiary/aromatic N) is 3. The summed E-state index contributed by atoms with van der Waals surface area (Å²) in [5.74, 6) is 0.256. The van der Waals surface area contributed by atoms with Crippen LogP contribution < -0.4 is 0 Å². The van der Waals surface area contributed by atoms with Gasteiger partial charge in [0.25, 0.3) is 0 Å². The molecule has 0 radical (unpaired) electrons. The molecule has 2 N–H and O–H groups in total. The standard InChI is InChI=1S/C23H21N3O3S/c1-13(27)8-20-26-19-10-16(17-11-24-23(25-12-17)21(29)14(2)28)9-18(22(19)30-20)15-6-4-3-5-7-15/h3-7,9-12,14,21,28-29H,8H2,1-2H3. The van der Waals surface area contributed by atoms with Crippen LogP contribution in [0.4, 0.5) is 0 Å². The molecular weight excluding hydrogens is 398 g/mol. The molecular formula is C23H21N3O3S. The van der Waals surface area contributed by atoms with Gasteiger partial charge in [0.1, 0.15) is 16.9 Å². The highest BCUT2D eigenvalue weighted by atomic mass is 32.1. The van der Waals surface area contributed by atoms with Crippen LogP contribution in [0.25, 0.3) is 32.5 Å². The number of hydrogen-bond donors (Lipinski definition) is 2. The number of fused-ring (bicyclic) bond motifs is 1. The molecule has 6 nitrogen and oxygen atoms in total. The first-order valence-electron chi connectivity index (χ1n) is 9.59. The molecule has 0 aliphatic carbocycles. The van der Waals surface area contributed by atoms with Crippen molar-refractivity contribution >= 4 is 27.3 Å². The van der Waals surface area contributed by atoms with E-state index in [1.54, 1.807) is 19.3 Å². The number of carbonyl (C=O) groups is 1. The number of hydrogen-bond acceptors (Lipinski definition) is 7. The van der Waals surface area contributed by atoms with E-state index in [0.29, 0.717) is 6.42 Å². The maximum absolute atomic E-state index is 11.6. The minimum atomic E-state index is -1.13. The predicted molar refractivity (Wildman–Crippen MR) is 117 cm³/mol. The summed E-state index contributed by atoms with van der Waals surface area (Å²) in [7, 11) is 0. The Morgan fingerprint density at radius 3 is 2.37 bits per heavy atom. The molecule has 2 aromatic carbocycles. The molecule has 0 saturated carbocycles. The van der Waals surface area contributed by atoms with Gasteiger partial charge < -0.3 is 10.2 Å². The quantitative estimate of drug-likeness (QED) is 0.491. The highest BCUT2D eigenvalue weighted by Crippen LogP contribution is 2.37. The average molecular weight is 420 g/mol. The van der Waals surface area contributed by atoms with Gasteiger partial charge in [-0.15, -0.1) is 11.3 Å². The van der Waals surface area contributed by atoms with Crippen molar-refractivity contribution in [3.8, 4) is 22.3 Å². The summed E-state index contributed by atoms with van der Waals surface area (Å²) in [6.07, 6.45) is 1.50. The molecule has 0 aliphatic heterocycles. The summed E-state index contributed by atoms with van der Waals surface area (Å²) in [5.41, 5.74) is 4.57. The van der Waals surface area contributed by atoms with Gasteiger partial charge in [-0.25, -0.2) is 15.0 Å². The summed E-state index contributed by atoms with van der Waals surface area (Å²) in [6.45, 7) is 3.05. The van der Waals surface area contributed by atoms with Crippen LogP contribution in [-0.2, 0) is 11.2 Å². The molecule has 0 spiro atoms. The molecule has 30 heavy (non-hydrogen) atoms. The lowest BCUT2D eigenvalue weighted by Crippen LogP contribution is -2.16. The van der Waals surface area contributed by atoms with Crippen LogP contribution in [0.2, 0.25) is 0 Å². The smallest absolute Gasteiger partial charge is 0.159 e. The number of thiazole rings is 1. The third kappa shape index (κ3) is 4.14. The molecule has 152 valence electrons. The molecule has 0 amide bonds. The van der Waals surface area contributed by atoms with Crippen LogP contribution in [0.1, 0.15) is 30.8 Å². The number of aromatic nitrogens is 3. The molecule has 4 rings (SSSR count). The Labute approximate surface area is 177 Å². The van der Waals surface area contributed by atoms with E-state index in [2.05, 4.69) is 21.0 Å². The minimum Gasteiger partial charge on any atom is -0.390 e. The van der Waals surface area contributed by atoms with E-state index < -0.39 is 12.2 Å². The number of aliphatic hydroxyl groups excluding tert-OH is 2. The largest absolute Gasteiger partial charge is 0.390 e. The molecule has 0 bridgehead atoms. The molecule has 2 unspecified atom stereocenters. The lowest BCUT2D eigenvalue weighted by molar-refractivity contribution is -0.116. The molecule has 2 heterocycles. The van der Waals surface area contributed by atoms with Crippen molar-refractivity contribution in [2.45, 2.75) is 32.5 Å². The van der Waals surface area contributed by atoms with Crippen molar-refractivity contribution in [2.24, 2.45) is 0 Å². The minimum absolute atomic E-state index is 0.0798. The predicted octanol–water partition coefficient (Wildman–Crippen LogP) is 3.97. The van der Waals surface area contributed by atoms with Gasteiger partial charge in [0.2, 0.25) is 0 Å². The van der Waals surface area contributed by atoms with Gasteiger partial charge in [0.15, 0.2) is 5.82 Å². The fraction of sp³-hybridized carbons (Fsp3) is 0.217. The van der Waals surface area contributed by atoms with Crippen LogP contribution in [0, 0.1) is 0 Å². The molecule has 0 aliphatic rings. The fourth-order valence-corrected chi connectivity index (χ4v) is 4.37. The van der Waals surface area contributed by atoms with E-state index in [9.17, 15) is 15.0 Å². The summed E-state index contributed by atoms with van der Waals surface area (Å²) >= 11 is 1.54. The number of aliphatic hydroxyl groups is 2. The topological polar surface area (TPSA) is 96.2 Å². The van der Waals surface area contributed by atoms with Crippen LogP contribution in [0.15, 0.2) is 54.9 Å². The number of rotatable bonds is 6. The van der Waals surface area contributed by atoms with E-state index in [1.165, 1.54) is 18.3 Å². The molecule has 7 heteroatoms. The highest BCUT2D eigenvalue weighted by molar-refractivity contribution is 7.19. The third-order valence-corrected chi connectivity index (χ3v) is 5.85. The molecule has 0 saturated heterocycles. The van der Waals surface area contributed by atoms with Crippen molar-refractivity contribution in [3.05, 3.63) is 65.7 Å².